The second-order valence-corrected chi connectivity index (χ2v) is 7.50. The molecule has 2 aromatic rings. The highest BCUT2D eigenvalue weighted by Crippen LogP contribution is 2.27. The van der Waals surface area contributed by atoms with Gasteiger partial charge in [-0.1, -0.05) is 25.5 Å². The molecule has 1 aromatic heterocycles. The van der Waals surface area contributed by atoms with Crippen molar-refractivity contribution in [3.8, 4) is 11.5 Å². The first-order valence-corrected chi connectivity index (χ1v) is 10.4. The fraction of sp³-hybridized carbons (Fsp3) is 0.476. The third-order valence-corrected chi connectivity index (χ3v) is 5.34. The number of hydrogen-bond donors (Lipinski definition) is 1. The number of amides is 1. The number of thiophene rings is 1. The first-order valence-electron chi connectivity index (χ1n) is 9.50. The van der Waals surface area contributed by atoms with Crippen LogP contribution in [-0.2, 0) is 17.8 Å². The summed E-state index contributed by atoms with van der Waals surface area (Å²) in [6.45, 7) is 5.04. The average molecular weight is 392 g/mol. The van der Waals surface area contributed by atoms with Gasteiger partial charge in [0.2, 0.25) is 0 Å². The molecule has 0 aliphatic rings. The molecule has 0 radical (unpaired) electrons. The first-order chi connectivity index (χ1) is 13.2. The van der Waals surface area contributed by atoms with Gasteiger partial charge in [0.05, 0.1) is 27.3 Å². The molecule has 0 aliphatic heterocycles. The summed E-state index contributed by atoms with van der Waals surface area (Å²) in [4.78, 5) is 15.9. The number of hydrogen-bond acceptors (Lipinski definition) is 4. The van der Waals surface area contributed by atoms with Crippen LogP contribution in [-0.4, -0.2) is 44.7 Å². The minimum Gasteiger partial charge on any atom is -0.493 e. The maximum Gasteiger partial charge on any atom is 0.278 e. The van der Waals surface area contributed by atoms with Crippen LogP contribution in [0.1, 0.15) is 30.2 Å². The molecule has 0 saturated heterocycles. The predicted molar refractivity (Wildman–Crippen MR) is 110 cm³/mol. The van der Waals surface area contributed by atoms with Crippen molar-refractivity contribution in [2.24, 2.45) is 0 Å². The molecule has 5 nitrogen and oxygen atoms in total. The van der Waals surface area contributed by atoms with Gasteiger partial charge in [-0.05, 0) is 42.0 Å². The number of unbranched alkanes of at least 4 members (excludes halogenated alkanes) is 1. The summed E-state index contributed by atoms with van der Waals surface area (Å²) in [6.07, 6.45) is 3.08. The fourth-order valence-corrected chi connectivity index (χ4v) is 3.61. The third kappa shape index (κ3) is 6.88. The molecule has 0 unspecified atom stereocenters. The largest absolute Gasteiger partial charge is 0.493 e. The molecular weight excluding hydrogens is 360 g/mol. The summed E-state index contributed by atoms with van der Waals surface area (Å²) in [6, 6.07) is 10.0. The Kier molecular flexibility index (Phi) is 9.15. The monoisotopic (exact) mass is 391 g/mol. The lowest BCUT2D eigenvalue weighted by molar-refractivity contribution is -0.644. The minimum atomic E-state index is 0.194. The Balaban J connectivity index is 1.99. The number of nitrogens with two attached hydrogens (primary N) is 1. The van der Waals surface area contributed by atoms with Gasteiger partial charge in [0, 0.05) is 11.4 Å². The van der Waals surface area contributed by atoms with Crippen LogP contribution in [0.25, 0.3) is 0 Å². The van der Waals surface area contributed by atoms with Crippen LogP contribution < -0.4 is 14.8 Å². The van der Waals surface area contributed by atoms with E-state index in [2.05, 4.69) is 23.7 Å². The van der Waals surface area contributed by atoms with Gasteiger partial charge in [-0.2, -0.15) is 0 Å². The molecule has 0 atom stereocenters. The normalized spacial score (nSPS) is 10.6. The molecular formula is C21H31N2O3S+. The summed E-state index contributed by atoms with van der Waals surface area (Å²) in [7, 11) is 3.27. The fourth-order valence-electron chi connectivity index (χ4n) is 2.89. The summed E-state index contributed by atoms with van der Waals surface area (Å²) in [5.41, 5.74) is 1.13. The Morgan fingerprint density at radius 3 is 2.67 bits per heavy atom. The van der Waals surface area contributed by atoms with Crippen molar-refractivity contribution >= 4 is 17.2 Å². The summed E-state index contributed by atoms with van der Waals surface area (Å²) in [5, 5.41) is 4.17. The Morgan fingerprint density at radius 1 is 1.19 bits per heavy atom. The van der Waals surface area contributed by atoms with Crippen molar-refractivity contribution < 1.29 is 19.6 Å². The van der Waals surface area contributed by atoms with E-state index in [1.807, 2.05) is 29.2 Å². The number of carbonyl (C=O) groups is 1. The standard InChI is InChI=1S/C21H30N2O3S/c1-4-5-11-22-15-21(24)23(16-18-7-6-13-27-18)12-10-17-8-9-19(25-2)20(14-17)26-3/h6-9,13-14,22H,4-5,10-12,15-16H2,1-3H3/p+1. The zero-order valence-electron chi connectivity index (χ0n) is 16.6. The van der Waals surface area contributed by atoms with Crippen molar-refractivity contribution in [1.29, 1.82) is 0 Å². The molecule has 1 amide bonds. The maximum absolute atomic E-state index is 12.7. The summed E-state index contributed by atoms with van der Waals surface area (Å²) < 4.78 is 10.7. The molecule has 2 rings (SSSR count). The van der Waals surface area contributed by atoms with E-state index in [-0.39, 0.29) is 5.91 Å². The highest BCUT2D eigenvalue weighted by molar-refractivity contribution is 7.09. The summed E-state index contributed by atoms with van der Waals surface area (Å²) >= 11 is 1.69. The van der Waals surface area contributed by atoms with E-state index in [1.54, 1.807) is 25.6 Å². The lowest BCUT2D eigenvalue weighted by Gasteiger charge is -2.22. The number of rotatable bonds is 12. The van der Waals surface area contributed by atoms with Crippen molar-refractivity contribution in [3.05, 3.63) is 46.2 Å². The average Bonchev–Trinajstić information content (AvgIpc) is 3.21. The molecule has 2 N–H and O–H groups in total. The molecule has 0 aliphatic carbocycles. The first kappa shape index (κ1) is 21.3. The van der Waals surface area contributed by atoms with E-state index in [9.17, 15) is 4.79 Å². The molecule has 0 bridgehead atoms. The molecule has 1 heterocycles. The van der Waals surface area contributed by atoms with E-state index in [1.165, 1.54) is 4.88 Å². The van der Waals surface area contributed by atoms with Crippen LogP contribution in [0, 0.1) is 0 Å². The van der Waals surface area contributed by atoms with Gasteiger partial charge in [-0.15, -0.1) is 11.3 Å². The van der Waals surface area contributed by atoms with E-state index >= 15 is 0 Å². The molecule has 6 heteroatoms. The molecule has 1 aromatic carbocycles. The third-order valence-electron chi connectivity index (χ3n) is 4.48. The van der Waals surface area contributed by atoms with Gasteiger partial charge in [-0.25, -0.2) is 0 Å². The van der Waals surface area contributed by atoms with Crippen LogP contribution in [0.2, 0.25) is 0 Å². The second kappa shape index (κ2) is 11.6. The zero-order chi connectivity index (χ0) is 19.5. The lowest BCUT2D eigenvalue weighted by Crippen LogP contribution is -2.86. The van der Waals surface area contributed by atoms with Crippen molar-refractivity contribution in [2.75, 3.05) is 33.9 Å². The van der Waals surface area contributed by atoms with E-state index in [0.717, 1.165) is 42.9 Å². The van der Waals surface area contributed by atoms with E-state index in [0.29, 0.717) is 19.6 Å². The van der Waals surface area contributed by atoms with Crippen molar-refractivity contribution in [3.63, 3.8) is 0 Å². The number of methoxy groups -OCH3 is 2. The van der Waals surface area contributed by atoms with Gasteiger partial charge in [-0.3, -0.25) is 4.79 Å². The van der Waals surface area contributed by atoms with Gasteiger partial charge < -0.3 is 19.7 Å². The van der Waals surface area contributed by atoms with Gasteiger partial charge in [0.25, 0.3) is 5.91 Å². The Bertz CT molecular complexity index is 689. The van der Waals surface area contributed by atoms with Gasteiger partial charge in [0.15, 0.2) is 18.0 Å². The number of ether oxygens (including phenoxy) is 2. The van der Waals surface area contributed by atoms with Crippen molar-refractivity contribution in [2.45, 2.75) is 32.7 Å². The molecule has 27 heavy (non-hydrogen) atoms. The SMILES string of the molecule is CCCC[NH2+]CC(=O)N(CCc1ccc(OC)c(OC)c1)Cc1cccs1. The highest BCUT2D eigenvalue weighted by Gasteiger charge is 2.16. The van der Waals surface area contributed by atoms with E-state index in [4.69, 9.17) is 9.47 Å². The van der Waals surface area contributed by atoms with Crippen LogP contribution >= 0.6 is 11.3 Å². The second-order valence-electron chi connectivity index (χ2n) is 6.47. The number of carbonyl (C=O) groups excluding carboxylic acids is 1. The van der Waals surface area contributed by atoms with Crippen LogP contribution in [0.5, 0.6) is 11.5 Å². The highest BCUT2D eigenvalue weighted by atomic mass is 32.1. The minimum absolute atomic E-state index is 0.194. The molecule has 148 valence electrons. The quantitative estimate of drug-likeness (QED) is 0.566. The van der Waals surface area contributed by atoms with Crippen LogP contribution in [0.15, 0.2) is 35.7 Å². The van der Waals surface area contributed by atoms with Gasteiger partial charge in [0.1, 0.15) is 0 Å². The van der Waals surface area contributed by atoms with Crippen LogP contribution in [0.3, 0.4) is 0 Å². The lowest BCUT2D eigenvalue weighted by atomic mass is 10.1. The Morgan fingerprint density at radius 2 is 2.00 bits per heavy atom. The number of benzene rings is 1. The Labute approximate surface area is 166 Å². The number of quaternary nitrogens is 1. The molecule has 0 saturated carbocycles. The maximum atomic E-state index is 12.7. The van der Waals surface area contributed by atoms with E-state index < -0.39 is 0 Å². The zero-order valence-corrected chi connectivity index (χ0v) is 17.4. The molecule has 0 spiro atoms. The predicted octanol–water partition coefficient (Wildman–Crippen LogP) is 2.70. The topological polar surface area (TPSA) is 55.4 Å². The Hall–Kier alpha value is -2.05. The van der Waals surface area contributed by atoms with Crippen LogP contribution in [0.4, 0.5) is 0 Å². The summed E-state index contributed by atoms with van der Waals surface area (Å²) in [5.74, 6) is 1.64. The number of nitrogens with zero attached hydrogens (tertiary/aromatic N) is 1. The van der Waals surface area contributed by atoms with Crippen molar-refractivity contribution in [1.82, 2.24) is 4.90 Å². The molecule has 0 fully saturated rings. The van der Waals surface area contributed by atoms with Gasteiger partial charge >= 0.3 is 0 Å². The smallest absolute Gasteiger partial charge is 0.278 e.